The highest BCUT2D eigenvalue weighted by atomic mass is 16.1. The molecule has 1 aliphatic carbocycles. The fraction of sp³-hybridized carbons (Fsp3) is 0.458. The Labute approximate surface area is 157 Å². The number of carbonyl (C=O) groups excluding carboxylic acids is 1. The Morgan fingerprint density at radius 2 is 1.35 bits per heavy atom. The average molecular weight is 348 g/mol. The van der Waals surface area contributed by atoms with Crippen molar-refractivity contribution in [3.63, 3.8) is 0 Å². The smallest absolute Gasteiger partial charge is 0.147 e. The van der Waals surface area contributed by atoms with Gasteiger partial charge in [0, 0.05) is 12.5 Å². The second-order valence-corrected chi connectivity index (χ2v) is 7.89. The molecular formula is C24H29NO. The summed E-state index contributed by atoms with van der Waals surface area (Å²) in [5, 5.41) is 0. The van der Waals surface area contributed by atoms with Crippen LogP contribution in [0.25, 0.3) is 0 Å². The molecule has 2 heteroatoms. The number of hydrogen-bond donors (Lipinski definition) is 0. The van der Waals surface area contributed by atoms with Gasteiger partial charge in [-0.1, -0.05) is 67.1 Å². The van der Waals surface area contributed by atoms with Gasteiger partial charge in [-0.15, -0.1) is 0 Å². The second kappa shape index (κ2) is 7.75. The standard InChI is InChI=1S/C24H29NO/c26-23-15-14-22(25-18-8-3-9-19-25)16-17-24(23,20-10-4-1-5-11-20)21-12-6-2-7-13-21/h1-2,4-7,10-13,22H,3,8-9,14-19H2. The number of carbonyl (C=O) groups is 1. The van der Waals surface area contributed by atoms with Crippen molar-refractivity contribution >= 4 is 5.78 Å². The van der Waals surface area contributed by atoms with Crippen LogP contribution in [0.15, 0.2) is 60.7 Å². The van der Waals surface area contributed by atoms with Gasteiger partial charge in [0.1, 0.15) is 5.78 Å². The van der Waals surface area contributed by atoms with Crippen molar-refractivity contribution in [2.24, 2.45) is 0 Å². The monoisotopic (exact) mass is 347 g/mol. The van der Waals surface area contributed by atoms with E-state index in [0.717, 1.165) is 30.4 Å². The summed E-state index contributed by atoms with van der Waals surface area (Å²) in [5.41, 5.74) is 1.85. The lowest BCUT2D eigenvalue weighted by Crippen LogP contribution is -2.39. The Bertz CT molecular complexity index is 679. The third-order valence-electron chi connectivity index (χ3n) is 6.47. The molecule has 2 fully saturated rings. The molecule has 1 saturated heterocycles. The SMILES string of the molecule is O=C1CCC(N2CCCCC2)CCC1(c1ccccc1)c1ccccc1. The van der Waals surface area contributed by atoms with Gasteiger partial charge in [0.05, 0.1) is 5.41 Å². The van der Waals surface area contributed by atoms with Gasteiger partial charge in [0.25, 0.3) is 0 Å². The van der Waals surface area contributed by atoms with Crippen molar-refractivity contribution in [2.75, 3.05) is 13.1 Å². The predicted molar refractivity (Wildman–Crippen MR) is 106 cm³/mol. The number of likely N-dealkylation sites (tertiary alicyclic amines) is 1. The number of nitrogens with zero attached hydrogens (tertiary/aromatic N) is 1. The second-order valence-electron chi connectivity index (χ2n) is 7.89. The number of ketones is 1. The first-order valence-corrected chi connectivity index (χ1v) is 10.2. The van der Waals surface area contributed by atoms with E-state index >= 15 is 0 Å². The minimum Gasteiger partial charge on any atom is -0.300 e. The van der Waals surface area contributed by atoms with Crippen LogP contribution in [0.2, 0.25) is 0 Å². The molecule has 1 aliphatic heterocycles. The number of hydrogen-bond acceptors (Lipinski definition) is 2. The molecule has 2 aromatic rings. The van der Waals surface area contributed by atoms with Crippen LogP contribution in [0.4, 0.5) is 0 Å². The van der Waals surface area contributed by atoms with Gasteiger partial charge < -0.3 is 4.90 Å². The fourth-order valence-electron chi connectivity index (χ4n) is 5.05. The number of rotatable bonds is 3. The lowest BCUT2D eigenvalue weighted by Gasteiger charge is -2.35. The Balaban J connectivity index is 1.70. The van der Waals surface area contributed by atoms with Crippen LogP contribution in [-0.2, 0) is 10.2 Å². The number of Topliss-reactive ketones (excluding diaryl/α,β-unsaturated/α-hetero) is 1. The summed E-state index contributed by atoms with van der Waals surface area (Å²) < 4.78 is 0. The molecule has 2 aliphatic rings. The third kappa shape index (κ3) is 3.23. The normalized spacial score (nSPS) is 24.2. The van der Waals surface area contributed by atoms with Gasteiger partial charge >= 0.3 is 0 Å². The van der Waals surface area contributed by atoms with E-state index in [0.29, 0.717) is 18.2 Å². The van der Waals surface area contributed by atoms with Crippen molar-refractivity contribution in [3.05, 3.63) is 71.8 Å². The first-order valence-electron chi connectivity index (χ1n) is 10.2. The Kier molecular flexibility index (Phi) is 5.21. The summed E-state index contributed by atoms with van der Waals surface area (Å²) in [6, 6.07) is 21.5. The minimum absolute atomic E-state index is 0.398. The highest BCUT2D eigenvalue weighted by Crippen LogP contribution is 2.42. The van der Waals surface area contributed by atoms with E-state index in [9.17, 15) is 4.79 Å². The lowest BCUT2D eigenvalue weighted by molar-refractivity contribution is -0.123. The third-order valence-corrected chi connectivity index (χ3v) is 6.47. The Hall–Kier alpha value is -1.93. The van der Waals surface area contributed by atoms with E-state index in [1.807, 2.05) is 12.1 Å². The first kappa shape index (κ1) is 17.5. The average Bonchev–Trinajstić information content (AvgIpc) is 2.90. The molecule has 0 N–H and O–H groups in total. The van der Waals surface area contributed by atoms with Gasteiger partial charge in [-0.2, -0.15) is 0 Å². The highest BCUT2D eigenvalue weighted by molar-refractivity contribution is 5.94. The van der Waals surface area contributed by atoms with Crippen LogP contribution < -0.4 is 0 Å². The van der Waals surface area contributed by atoms with Crippen molar-refractivity contribution in [1.29, 1.82) is 0 Å². The summed E-state index contributed by atoms with van der Waals surface area (Å²) in [5.74, 6) is 0.398. The van der Waals surface area contributed by atoms with Gasteiger partial charge in [-0.25, -0.2) is 0 Å². The zero-order chi connectivity index (χ0) is 17.8. The van der Waals surface area contributed by atoms with Crippen molar-refractivity contribution in [2.45, 2.75) is 56.4 Å². The van der Waals surface area contributed by atoms with E-state index in [-0.39, 0.29) is 0 Å². The minimum atomic E-state index is -0.479. The Morgan fingerprint density at radius 1 is 0.769 bits per heavy atom. The molecule has 26 heavy (non-hydrogen) atoms. The fourth-order valence-corrected chi connectivity index (χ4v) is 5.05. The number of benzene rings is 2. The summed E-state index contributed by atoms with van der Waals surface area (Å²) in [4.78, 5) is 16.2. The molecule has 0 aromatic heterocycles. The quantitative estimate of drug-likeness (QED) is 0.731. The number of piperidine rings is 1. The van der Waals surface area contributed by atoms with Gasteiger partial charge in [-0.3, -0.25) is 4.79 Å². The van der Waals surface area contributed by atoms with Crippen LogP contribution in [0, 0.1) is 0 Å². The molecule has 0 bridgehead atoms. The largest absolute Gasteiger partial charge is 0.300 e. The van der Waals surface area contributed by atoms with Crippen LogP contribution in [0.3, 0.4) is 0 Å². The van der Waals surface area contributed by atoms with Gasteiger partial charge in [0.2, 0.25) is 0 Å². The maximum Gasteiger partial charge on any atom is 0.147 e. The van der Waals surface area contributed by atoms with E-state index in [1.54, 1.807) is 0 Å². The predicted octanol–water partition coefficient (Wildman–Crippen LogP) is 4.97. The molecule has 0 radical (unpaired) electrons. The molecule has 4 rings (SSSR count). The summed E-state index contributed by atoms with van der Waals surface area (Å²) >= 11 is 0. The van der Waals surface area contributed by atoms with E-state index < -0.39 is 5.41 Å². The molecule has 0 spiro atoms. The zero-order valence-electron chi connectivity index (χ0n) is 15.6. The van der Waals surface area contributed by atoms with Crippen LogP contribution in [0.1, 0.15) is 56.1 Å². The zero-order valence-corrected chi connectivity index (χ0v) is 15.6. The van der Waals surface area contributed by atoms with Crippen LogP contribution >= 0.6 is 0 Å². The van der Waals surface area contributed by atoms with Crippen LogP contribution in [-0.4, -0.2) is 29.8 Å². The van der Waals surface area contributed by atoms with Crippen molar-refractivity contribution in [1.82, 2.24) is 4.90 Å². The molecule has 1 saturated carbocycles. The molecule has 1 atom stereocenters. The maximum atomic E-state index is 13.5. The van der Waals surface area contributed by atoms with E-state index in [2.05, 4.69) is 53.4 Å². The van der Waals surface area contributed by atoms with E-state index in [4.69, 9.17) is 0 Å². The molecule has 136 valence electrons. The maximum absolute atomic E-state index is 13.5. The molecule has 2 aromatic carbocycles. The van der Waals surface area contributed by atoms with Gasteiger partial charge in [-0.05, 0) is 56.3 Å². The topological polar surface area (TPSA) is 20.3 Å². The molecule has 0 amide bonds. The summed E-state index contributed by atoms with van der Waals surface area (Å²) in [6.07, 6.45) is 7.71. The summed E-state index contributed by atoms with van der Waals surface area (Å²) in [6.45, 7) is 2.42. The van der Waals surface area contributed by atoms with Crippen molar-refractivity contribution in [3.8, 4) is 0 Å². The van der Waals surface area contributed by atoms with Gasteiger partial charge in [0.15, 0.2) is 0 Å². The van der Waals surface area contributed by atoms with Crippen LogP contribution in [0.5, 0.6) is 0 Å². The first-order chi connectivity index (χ1) is 12.8. The highest BCUT2D eigenvalue weighted by Gasteiger charge is 2.43. The molecule has 1 unspecified atom stereocenters. The van der Waals surface area contributed by atoms with E-state index in [1.165, 1.54) is 32.4 Å². The van der Waals surface area contributed by atoms with Crippen molar-refractivity contribution < 1.29 is 4.79 Å². The summed E-state index contributed by atoms with van der Waals surface area (Å²) in [7, 11) is 0. The Morgan fingerprint density at radius 3 is 1.92 bits per heavy atom. The lowest BCUT2D eigenvalue weighted by atomic mass is 9.68. The molecular weight excluding hydrogens is 318 g/mol. The molecule has 2 nitrogen and oxygen atoms in total. The molecule has 1 heterocycles.